The minimum absolute atomic E-state index is 0.0701. The molecule has 0 aliphatic carbocycles. The summed E-state index contributed by atoms with van der Waals surface area (Å²) in [4.78, 5) is 11.2. The van der Waals surface area contributed by atoms with E-state index in [4.69, 9.17) is 5.73 Å². The largest absolute Gasteiger partial charge is 0.369 e. The number of carbonyl (C=O) groups excluding carboxylic acids is 1. The molecular weight excluding hydrogens is 190 g/mol. The third kappa shape index (κ3) is 2.69. The Morgan fingerprint density at radius 3 is 2.33 bits per heavy atom. The Hall–Kier alpha value is -0.610. The number of hydrogen-bond donors (Lipinski definition) is 1. The van der Waals surface area contributed by atoms with Crippen LogP contribution < -0.4 is 5.73 Å². The maximum Gasteiger partial charge on any atom is 0.221 e. The molecule has 1 unspecified atom stereocenters. The summed E-state index contributed by atoms with van der Waals surface area (Å²) >= 11 is 0. The van der Waals surface area contributed by atoms with Crippen molar-refractivity contribution in [2.45, 2.75) is 32.1 Å². The Bertz CT molecular complexity index is 226. The van der Waals surface area contributed by atoms with E-state index in [9.17, 15) is 4.79 Å². The zero-order valence-electron chi connectivity index (χ0n) is 9.32. The highest BCUT2D eigenvalue weighted by molar-refractivity contribution is 5.76. The Kier molecular flexibility index (Phi) is 3.59. The Morgan fingerprint density at radius 2 is 1.67 bits per heavy atom. The molecule has 2 saturated heterocycles. The Balaban J connectivity index is 1.88. The van der Waals surface area contributed by atoms with Gasteiger partial charge in [-0.3, -0.25) is 4.79 Å². The molecule has 0 spiro atoms. The number of hydrazine groups is 1. The maximum absolute atomic E-state index is 11.2. The molecule has 86 valence electrons. The zero-order valence-corrected chi connectivity index (χ0v) is 9.32. The summed E-state index contributed by atoms with van der Waals surface area (Å²) in [5.41, 5.74) is 5.37. The van der Waals surface area contributed by atoms with Crippen molar-refractivity contribution in [3.63, 3.8) is 0 Å². The molecule has 15 heavy (non-hydrogen) atoms. The smallest absolute Gasteiger partial charge is 0.221 e. The Labute approximate surface area is 91.4 Å². The average Bonchev–Trinajstić information content (AvgIpc) is 2.30. The van der Waals surface area contributed by atoms with Crippen molar-refractivity contribution < 1.29 is 4.79 Å². The van der Waals surface area contributed by atoms with Crippen LogP contribution in [0.4, 0.5) is 0 Å². The van der Waals surface area contributed by atoms with E-state index in [0.29, 0.717) is 0 Å². The van der Waals surface area contributed by atoms with Crippen molar-refractivity contribution in [2.75, 3.05) is 26.2 Å². The van der Waals surface area contributed by atoms with Crippen molar-refractivity contribution in [1.82, 2.24) is 10.0 Å². The molecule has 0 saturated carbocycles. The lowest BCUT2D eigenvalue weighted by molar-refractivity contribution is -0.128. The van der Waals surface area contributed by atoms with Gasteiger partial charge < -0.3 is 5.73 Å². The van der Waals surface area contributed by atoms with E-state index in [1.807, 2.05) is 0 Å². The molecule has 0 aromatic heterocycles. The standard InChI is InChI=1S/C11H21N3O/c12-11(15)10-5-4-8-14(9-10)13-6-2-1-3-7-13/h10H,1-9H2,(H2,12,15). The van der Waals surface area contributed by atoms with Crippen LogP contribution in [0.15, 0.2) is 0 Å². The molecule has 4 heteroatoms. The summed E-state index contributed by atoms with van der Waals surface area (Å²) in [6.45, 7) is 4.26. The fourth-order valence-corrected chi connectivity index (χ4v) is 2.61. The Morgan fingerprint density at radius 1 is 1.00 bits per heavy atom. The highest BCUT2D eigenvalue weighted by Crippen LogP contribution is 2.20. The van der Waals surface area contributed by atoms with Gasteiger partial charge in [0.05, 0.1) is 5.92 Å². The predicted octanol–water partition coefficient (Wildman–Crippen LogP) is 0.585. The van der Waals surface area contributed by atoms with E-state index < -0.39 is 0 Å². The number of nitrogens with zero attached hydrogens (tertiary/aromatic N) is 2. The van der Waals surface area contributed by atoms with Gasteiger partial charge in [0, 0.05) is 26.2 Å². The van der Waals surface area contributed by atoms with E-state index in [1.54, 1.807) is 0 Å². The molecular formula is C11H21N3O. The molecule has 2 aliphatic heterocycles. The number of hydrogen-bond acceptors (Lipinski definition) is 3. The summed E-state index contributed by atoms with van der Waals surface area (Å²) < 4.78 is 0. The van der Waals surface area contributed by atoms with Gasteiger partial charge in [-0.25, -0.2) is 10.0 Å². The maximum atomic E-state index is 11.2. The van der Waals surface area contributed by atoms with Gasteiger partial charge in [0.2, 0.25) is 5.91 Å². The van der Waals surface area contributed by atoms with Crippen molar-refractivity contribution in [1.29, 1.82) is 0 Å². The number of piperidine rings is 2. The van der Waals surface area contributed by atoms with Crippen LogP contribution in [0.5, 0.6) is 0 Å². The third-order valence-electron chi connectivity index (χ3n) is 3.53. The van der Waals surface area contributed by atoms with E-state index >= 15 is 0 Å². The molecule has 2 N–H and O–H groups in total. The van der Waals surface area contributed by atoms with Crippen LogP contribution in [0.3, 0.4) is 0 Å². The molecule has 2 aliphatic rings. The van der Waals surface area contributed by atoms with Gasteiger partial charge in [-0.1, -0.05) is 6.42 Å². The normalized spacial score (nSPS) is 30.3. The number of carbonyl (C=O) groups is 1. The second-order valence-electron chi connectivity index (χ2n) is 4.67. The molecule has 0 aromatic rings. The van der Waals surface area contributed by atoms with Crippen LogP contribution in [-0.2, 0) is 4.79 Å². The lowest BCUT2D eigenvalue weighted by Crippen LogP contribution is -2.51. The van der Waals surface area contributed by atoms with E-state index in [-0.39, 0.29) is 11.8 Å². The zero-order chi connectivity index (χ0) is 10.7. The lowest BCUT2D eigenvalue weighted by Gasteiger charge is -2.41. The molecule has 0 bridgehead atoms. The van der Waals surface area contributed by atoms with Gasteiger partial charge in [-0.15, -0.1) is 0 Å². The molecule has 0 radical (unpaired) electrons. The fraction of sp³-hybridized carbons (Fsp3) is 0.909. The van der Waals surface area contributed by atoms with Gasteiger partial charge in [-0.2, -0.15) is 0 Å². The number of primary amides is 1. The second-order valence-corrected chi connectivity index (χ2v) is 4.67. The molecule has 2 heterocycles. The van der Waals surface area contributed by atoms with Crippen LogP contribution >= 0.6 is 0 Å². The number of nitrogens with two attached hydrogens (primary N) is 1. The molecule has 1 amide bonds. The van der Waals surface area contributed by atoms with Gasteiger partial charge in [0.15, 0.2) is 0 Å². The minimum atomic E-state index is -0.128. The molecule has 1 atom stereocenters. The third-order valence-corrected chi connectivity index (χ3v) is 3.53. The van der Waals surface area contributed by atoms with Crippen LogP contribution in [-0.4, -0.2) is 42.1 Å². The lowest BCUT2D eigenvalue weighted by atomic mass is 9.98. The summed E-state index contributed by atoms with van der Waals surface area (Å²) in [7, 11) is 0. The average molecular weight is 211 g/mol. The van der Waals surface area contributed by atoms with Crippen molar-refractivity contribution >= 4 is 5.91 Å². The number of rotatable bonds is 2. The van der Waals surface area contributed by atoms with Gasteiger partial charge >= 0.3 is 0 Å². The first kappa shape index (κ1) is 10.9. The number of amides is 1. The molecule has 2 rings (SSSR count). The van der Waals surface area contributed by atoms with Gasteiger partial charge in [0.1, 0.15) is 0 Å². The monoisotopic (exact) mass is 211 g/mol. The van der Waals surface area contributed by atoms with E-state index in [2.05, 4.69) is 10.0 Å². The summed E-state index contributed by atoms with van der Waals surface area (Å²) in [6, 6.07) is 0. The minimum Gasteiger partial charge on any atom is -0.369 e. The highest BCUT2D eigenvalue weighted by Gasteiger charge is 2.27. The van der Waals surface area contributed by atoms with Crippen LogP contribution in [0.25, 0.3) is 0 Å². The quantitative estimate of drug-likeness (QED) is 0.727. The molecule has 2 fully saturated rings. The SMILES string of the molecule is NC(=O)C1CCCN(N2CCCCC2)C1. The van der Waals surface area contributed by atoms with Crippen LogP contribution in [0.1, 0.15) is 32.1 Å². The fourth-order valence-electron chi connectivity index (χ4n) is 2.61. The summed E-state index contributed by atoms with van der Waals surface area (Å²) in [5, 5.41) is 4.76. The van der Waals surface area contributed by atoms with Crippen LogP contribution in [0.2, 0.25) is 0 Å². The van der Waals surface area contributed by atoms with Crippen molar-refractivity contribution in [3.05, 3.63) is 0 Å². The van der Waals surface area contributed by atoms with Crippen molar-refractivity contribution in [2.24, 2.45) is 11.7 Å². The highest BCUT2D eigenvalue weighted by atomic mass is 16.1. The molecule has 0 aromatic carbocycles. The van der Waals surface area contributed by atoms with Gasteiger partial charge in [-0.05, 0) is 25.7 Å². The van der Waals surface area contributed by atoms with E-state index in [0.717, 1.165) is 39.0 Å². The second kappa shape index (κ2) is 4.94. The predicted molar refractivity (Wildman–Crippen MR) is 58.9 cm³/mol. The summed E-state index contributed by atoms with van der Waals surface area (Å²) in [5.74, 6) is -0.0580. The van der Waals surface area contributed by atoms with Crippen molar-refractivity contribution in [3.8, 4) is 0 Å². The first-order chi connectivity index (χ1) is 7.27. The summed E-state index contributed by atoms with van der Waals surface area (Å²) in [6.07, 6.45) is 6.00. The first-order valence-corrected chi connectivity index (χ1v) is 6.06. The van der Waals surface area contributed by atoms with E-state index in [1.165, 1.54) is 19.3 Å². The topological polar surface area (TPSA) is 49.6 Å². The van der Waals surface area contributed by atoms with Crippen LogP contribution in [0, 0.1) is 5.92 Å². The van der Waals surface area contributed by atoms with Gasteiger partial charge in [0.25, 0.3) is 0 Å². The first-order valence-electron chi connectivity index (χ1n) is 6.06. The molecule has 4 nitrogen and oxygen atoms in total.